The van der Waals surface area contributed by atoms with Crippen LogP contribution in [0.15, 0.2) is 83.1 Å². The van der Waals surface area contributed by atoms with Crippen LogP contribution < -0.4 is 36.0 Å². The Labute approximate surface area is 416 Å². The highest BCUT2D eigenvalue weighted by atomic mass is 19.1. The molecule has 3 saturated heterocycles. The lowest BCUT2D eigenvalue weighted by Gasteiger charge is -2.37. The zero-order valence-electron chi connectivity index (χ0n) is 40.7. The van der Waals surface area contributed by atoms with Crippen LogP contribution in [0.4, 0.5) is 35.9 Å². The number of nitrogens with zero attached hydrogens (tertiary/aromatic N) is 7. The summed E-state index contributed by atoms with van der Waals surface area (Å²) in [5.41, 5.74) is 6.70. The fourth-order valence-corrected chi connectivity index (χ4v) is 12.0. The first-order chi connectivity index (χ1) is 34.6. The van der Waals surface area contributed by atoms with E-state index in [1.165, 1.54) is 15.7 Å². The van der Waals surface area contributed by atoms with Gasteiger partial charge in [0, 0.05) is 79.5 Å². The van der Waals surface area contributed by atoms with Crippen LogP contribution in [0.25, 0.3) is 5.70 Å². The molecule has 8 heterocycles. The highest BCUT2D eigenvalue weighted by Crippen LogP contribution is 2.43. The number of piperidine rings is 3. The highest BCUT2D eigenvalue weighted by Gasteiger charge is 2.42. The SMILES string of the molecule is CN(C(=O)c1cc(F)c(C2CCN(CC3=CC4=C(n5cc(F)c6c(c5=O)CCN6)C=CNC4N3C)CC2)c(F)c1)c1c#cc(C2CCN(Cc3ccc4c(c3)[N+](C)([O-])CN4C3CCC(O)NC3=O)CC2)cc1. The average Bonchev–Trinajstić information content (AvgIpc) is 4.07. The smallest absolute Gasteiger partial charge is 0.260 e. The van der Waals surface area contributed by atoms with E-state index >= 15 is 13.2 Å². The second-order valence-corrected chi connectivity index (χ2v) is 20.6. The van der Waals surface area contributed by atoms with Crippen LogP contribution >= 0.6 is 0 Å². The van der Waals surface area contributed by atoms with Crippen molar-refractivity contribution in [2.24, 2.45) is 0 Å². The maximum atomic E-state index is 15.9. The number of likely N-dealkylation sites (N-methyl/N-ethyl adjacent to an activating group) is 1. The number of nitrogens with one attached hydrogen (secondary N) is 3. The van der Waals surface area contributed by atoms with Gasteiger partial charge >= 0.3 is 0 Å². The second kappa shape index (κ2) is 18.8. The summed E-state index contributed by atoms with van der Waals surface area (Å²) >= 11 is 0. The van der Waals surface area contributed by atoms with Crippen LogP contribution in [-0.4, -0.2) is 122 Å². The van der Waals surface area contributed by atoms with E-state index in [1.807, 2.05) is 42.3 Å². The number of dihydropyridines is 1. The standard InChI is InChI=1S/C54H59F3N10O5/c1-61-38(27-40-44(13-19-59-51(40)61)65-30-43(57)50-39(54(65)71)12-18-58-50)29-64-22-16-35(17-23-64)49-41(55)25-36(26-42(49)56)53(70)62(2)37-7-5-33(6-8-37)34-14-20-63(21-15-34)28-32-4-9-45-47(24-32)67(3,72)31-66(45)46-10-11-48(68)60-52(46)69/h4-5,7,9,13,19,24-27,30,34-35,46,48,51,58-59,68H,10-12,14-18,20-23,28-29,31H2,1-3H3,(H,60,69). The van der Waals surface area contributed by atoms with Gasteiger partial charge in [0.25, 0.3) is 11.5 Å². The van der Waals surface area contributed by atoms with Gasteiger partial charge in [-0.05, 0) is 137 Å². The summed E-state index contributed by atoms with van der Waals surface area (Å²) in [6, 6.07) is 17.8. The molecular formula is C54H59F3N10O5. The Morgan fingerprint density at radius 3 is 2.35 bits per heavy atom. The molecule has 11 rings (SSSR count). The maximum absolute atomic E-state index is 15.9. The molecule has 0 radical (unpaired) electrons. The van der Waals surface area contributed by atoms with Crippen molar-refractivity contribution in [2.75, 3.05) is 82.2 Å². The number of hydrogen-bond acceptors (Lipinski definition) is 11. The van der Waals surface area contributed by atoms with Crippen LogP contribution in [0.1, 0.15) is 83.0 Å². The molecule has 15 nitrogen and oxygen atoms in total. The zero-order valence-corrected chi connectivity index (χ0v) is 40.7. The number of aliphatic hydroxyl groups excluding tert-OH is 1. The molecule has 1 aromatic heterocycles. The van der Waals surface area contributed by atoms with Crippen molar-refractivity contribution in [3.05, 3.63) is 151 Å². The number of quaternary nitrogens is 1. The van der Waals surface area contributed by atoms with E-state index in [-0.39, 0.29) is 53.0 Å². The van der Waals surface area contributed by atoms with Crippen molar-refractivity contribution in [1.82, 2.24) is 34.5 Å². The van der Waals surface area contributed by atoms with E-state index in [0.717, 1.165) is 66.1 Å². The average molecular weight is 985 g/mol. The van der Waals surface area contributed by atoms with Gasteiger partial charge in [0.05, 0.1) is 30.3 Å². The van der Waals surface area contributed by atoms with E-state index in [4.69, 9.17) is 0 Å². The number of pyridine rings is 1. The molecule has 4 aromatic rings. The van der Waals surface area contributed by atoms with Crippen molar-refractivity contribution >= 4 is 40.3 Å². The van der Waals surface area contributed by atoms with Gasteiger partial charge in [-0.2, -0.15) is 0 Å². The number of fused-ring (bicyclic) bond motifs is 3. The van der Waals surface area contributed by atoms with Crippen LogP contribution in [0.3, 0.4) is 0 Å². The lowest BCUT2D eigenvalue weighted by molar-refractivity contribution is -0.128. The van der Waals surface area contributed by atoms with Crippen LogP contribution in [0.5, 0.6) is 0 Å². The molecule has 0 spiro atoms. The van der Waals surface area contributed by atoms with E-state index in [1.54, 1.807) is 32.4 Å². The van der Waals surface area contributed by atoms with Gasteiger partial charge in [-0.25, -0.2) is 13.2 Å². The number of aliphatic hydroxyl groups is 1. The molecule has 376 valence electrons. The Morgan fingerprint density at radius 1 is 0.917 bits per heavy atom. The predicted octanol–water partition coefficient (Wildman–Crippen LogP) is 5.66. The van der Waals surface area contributed by atoms with Crippen molar-refractivity contribution in [1.29, 1.82) is 0 Å². The summed E-state index contributed by atoms with van der Waals surface area (Å²) in [5.74, 6) is -2.90. The molecule has 7 aliphatic rings. The molecule has 4 N–H and O–H groups in total. The first kappa shape index (κ1) is 47.7. The second-order valence-electron chi connectivity index (χ2n) is 20.6. The molecular weight excluding hydrogens is 926 g/mol. The van der Waals surface area contributed by atoms with Crippen molar-refractivity contribution < 1.29 is 27.9 Å². The number of halogens is 3. The number of aromatic nitrogens is 1. The van der Waals surface area contributed by atoms with Gasteiger partial charge in [0.1, 0.15) is 35.8 Å². The first-order valence-electron chi connectivity index (χ1n) is 25.0. The van der Waals surface area contributed by atoms with E-state index in [0.29, 0.717) is 87.5 Å². The summed E-state index contributed by atoms with van der Waals surface area (Å²) in [4.78, 5) is 49.7. The lowest BCUT2D eigenvalue weighted by atomic mass is 9.88. The summed E-state index contributed by atoms with van der Waals surface area (Å²) in [5, 5.41) is 32.4. The number of likely N-dealkylation sites (tertiary alicyclic amines) is 2. The van der Waals surface area contributed by atoms with E-state index in [9.17, 15) is 24.7 Å². The number of allylic oxidation sites excluding steroid dienone is 2. The Morgan fingerprint density at radius 2 is 1.64 bits per heavy atom. The van der Waals surface area contributed by atoms with Crippen molar-refractivity contribution in [2.45, 2.75) is 81.8 Å². The number of amides is 2. The van der Waals surface area contributed by atoms with Crippen LogP contribution in [0, 0.1) is 34.8 Å². The lowest BCUT2D eigenvalue weighted by Crippen LogP contribution is -2.56. The van der Waals surface area contributed by atoms with Crippen LogP contribution in [0.2, 0.25) is 0 Å². The molecule has 4 atom stereocenters. The quantitative estimate of drug-likeness (QED) is 0.115. The number of carbonyl (C=O) groups is 2. The molecule has 4 unspecified atom stereocenters. The molecule has 18 heteroatoms. The fourth-order valence-electron chi connectivity index (χ4n) is 12.0. The molecule has 3 fully saturated rings. The minimum Gasteiger partial charge on any atom is -0.626 e. The fraction of sp³-hybridized carbons (Fsp3) is 0.426. The number of hydroxylamine groups is 2. The van der Waals surface area contributed by atoms with Gasteiger partial charge in [0.15, 0.2) is 18.2 Å². The van der Waals surface area contributed by atoms with Gasteiger partial charge in [-0.3, -0.25) is 28.8 Å². The molecule has 0 bridgehead atoms. The molecule has 72 heavy (non-hydrogen) atoms. The number of rotatable bonds is 10. The highest BCUT2D eigenvalue weighted by molar-refractivity contribution is 6.05. The topological polar surface area (TPSA) is 152 Å². The van der Waals surface area contributed by atoms with Gasteiger partial charge < -0.3 is 45.6 Å². The number of hydrogen-bond donors (Lipinski definition) is 4. The summed E-state index contributed by atoms with van der Waals surface area (Å²) in [6.07, 6.45) is 9.94. The van der Waals surface area contributed by atoms with Gasteiger partial charge in [-0.15, -0.1) is 0 Å². The van der Waals surface area contributed by atoms with Crippen molar-refractivity contribution in [3.8, 4) is 0 Å². The Bertz CT molecular complexity index is 2950. The summed E-state index contributed by atoms with van der Waals surface area (Å²) in [7, 11) is 5.13. The molecule has 0 aliphatic carbocycles. The Hall–Kier alpha value is -6.62. The molecule has 0 saturated carbocycles. The third-order valence-electron chi connectivity index (χ3n) is 16.0. The monoisotopic (exact) mass is 984 g/mol. The van der Waals surface area contributed by atoms with E-state index < -0.39 is 40.3 Å². The Balaban J connectivity index is 0.678. The molecule has 7 aliphatic heterocycles. The number of carbonyl (C=O) groups excluding carboxylic acids is 2. The normalized spacial score (nSPS) is 24.6. The van der Waals surface area contributed by atoms with Gasteiger partial charge in [-0.1, -0.05) is 12.1 Å². The first-order valence-corrected chi connectivity index (χ1v) is 25.0. The summed E-state index contributed by atoms with van der Waals surface area (Å²) in [6.45, 7) is 4.77. The summed E-state index contributed by atoms with van der Waals surface area (Å²) < 4.78 is 47.6. The molecule has 3 aromatic carbocycles. The maximum Gasteiger partial charge on any atom is 0.260 e. The van der Waals surface area contributed by atoms with E-state index in [2.05, 4.69) is 42.8 Å². The zero-order chi connectivity index (χ0) is 50.2. The van der Waals surface area contributed by atoms with Crippen LogP contribution in [-0.2, 0) is 17.8 Å². The minimum atomic E-state index is -0.858. The third kappa shape index (κ3) is 8.70. The minimum absolute atomic E-state index is 0.00244. The third-order valence-corrected chi connectivity index (χ3v) is 16.0. The molecule has 2 amide bonds. The number of benzene rings is 2. The largest absolute Gasteiger partial charge is 0.626 e. The number of anilines is 3. The van der Waals surface area contributed by atoms with Crippen molar-refractivity contribution in [3.63, 3.8) is 0 Å². The Kier molecular flexibility index (Phi) is 12.4. The van der Waals surface area contributed by atoms with Gasteiger partial charge in [0.2, 0.25) is 5.91 Å². The predicted molar refractivity (Wildman–Crippen MR) is 269 cm³/mol.